The highest BCUT2D eigenvalue weighted by atomic mass is 16.7. The van der Waals surface area contributed by atoms with E-state index in [1.54, 1.807) is 25.1 Å². The van der Waals surface area contributed by atoms with E-state index in [2.05, 4.69) is 31.4 Å². The number of hydrogen-bond acceptors (Lipinski definition) is 10. The number of likely N-dealkylation sites (N-methyl/N-ethyl adjacent to an activating group) is 1. The molecule has 2 amide bonds. The summed E-state index contributed by atoms with van der Waals surface area (Å²) in [7, 11) is 5.33. The van der Waals surface area contributed by atoms with Gasteiger partial charge >= 0.3 is 0 Å². The number of ether oxygens (including phenoxy) is 1. The van der Waals surface area contributed by atoms with E-state index >= 15 is 0 Å². The van der Waals surface area contributed by atoms with Gasteiger partial charge in [0.15, 0.2) is 0 Å². The number of aliphatic hydroxyl groups is 2. The summed E-state index contributed by atoms with van der Waals surface area (Å²) in [4.78, 5) is 47.9. The maximum Gasteiger partial charge on any atom is 0.270 e. The molecule has 1 heterocycles. The molecule has 0 radical (unpaired) electrons. The molecule has 7 rings (SSSR count). The number of benzene rings is 3. The topological polar surface area (TPSA) is 167 Å². The van der Waals surface area contributed by atoms with Crippen molar-refractivity contribution in [3.8, 4) is 16.9 Å². The van der Waals surface area contributed by atoms with Crippen LogP contribution in [-0.2, 0) is 22.6 Å². The summed E-state index contributed by atoms with van der Waals surface area (Å²) < 4.78 is 5.95. The van der Waals surface area contributed by atoms with E-state index in [1.165, 1.54) is 30.7 Å². The average Bonchev–Trinajstić information content (AvgIpc) is 3.53. The third-order valence-electron chi connectivity index (χ3n) is 12.6. The van der Waals surface area contributed by atoms with E-state index in [-0.39, 0.29) is 47.1 Å². The highest BCUT2D eigenvalue weighted by molar-refractivity contribution is 5.97. The van der Waals surface area contributed by atoms with Crippen LogP contribution in [0.15, 0.2) is 66.7 Å². The molecular weight excluding hydrogens is 714 g/mol. The Morgan fingerprint density at radius 2 is 1.84 bits per heavy atom. The predicted molar refractivity (Wildman–Crippen MR) is 213 cm³/mol. The molecule has 302 valence electrons. The van der Waals surface area contributed by atoms with Crippen molar-refractivity contribution < 1.29 is 34.3 Å². The molecular formula is C43H57N5O8. The van der Waals surface area contributed by atoms with Crippen LogP contribution >= 0.6 is 0 Å². The second-order valence-electron chi connectivity index (χ2n) is 16.9. The number of non-ortho nitro benzene ring substituents is 1. The molecule has 13 nitrogen and oxygen atoms in total. The zero-order valence-electron chi connectivity index (χ0n) is 33.5. The molecule has 3 aromatic carbocycles. The van der Waals surface area contributed by atoms with Crippen LogP contribution in [0.5, 0.6) is 5.75 Å². The van der Waals surface area contributed by atoms with Crippen molar-refractivity contribution >= 4 is 17.5 Å². The van der Waals surface area contributed by atoms with Crippen molar-refractivity contribution in [3.05, 3.63) is 93.5 Å². The van der Waals surface area contributed by atoms with Gasteiger partial charge in [-0.2, -0.15) is 5.06 Å². The lowest BCUT2D eigenvalue weighted by Crippen LogP contribution is -2.62. The largest absolute Gasteiger partial charge is 0.496 e. The molecule has 0 aromatic heterocycles. The molecule has 2 bridgehead atoms. The first-order valence-electron chi connectivity index (χ1n) is 19.6. The molecule has 3 aliphatic carbocycles. The molecule has 3 saturated carbocycles. The lowest BCUT2D eigenvalue weighted by Gasteiger charge is -2.62. The van der Waals surface area contributed by atoms with Gasteiger partial charge in [0.05, 0.1) is 31.3 Å². The van der Waals surface area contributed by atoms with Crippen molar-refractivity contribution in [2.24, 2.45) is 29.1 Å². The Morgan fingerprint density at radius 1 is 1.11 bits per heavy atom. The van der Waals surface area contributed by atoms with Crippen molar-refractivity contribution in [2.75, 3.05) is 34.4 Å². The number of nitro benzene ring substituents is 1. The summed E-state index contributed by atoms with van der Waals surface area (Å²) in [5, 5.41) is 41.4. The first kappa shape index (κ1) is 41.2. The molecule has 1 aliphatic heterocycles. The molecule has 4 N–H and O–H groups in total. The molecule has 0 spiro atoms. The molecule has 0 unspecified atom stereocenters. The number of hydrogen-bond donors (Lipinski definition) is 4. The van der Waals surface area contributed by atoms with Gasteiger partial charge in [0.1, 0.15) is 17.9 Å². The molecule has 1 saturated heterocycles. The van der Waals surface area contributed by atoms with Crippen molar-refractivity contribution in [1.82, 2.24) is 20.6 Å². The summed E-state index contributed by atoms with van der Waals surface area (Å²) in [6.07, 6.45) is 0.838. The third kappa shape index (κ3) is 8.47. The number of carbonyl (C=O) groups excluding carboxylic acids is 2. The number of nitrogens with zero attached hydrogens (tertiary/aromatic N) is 3. The van der Waals surface area contributed by atoms with Gasteiger partial charge in [-0.15, -0.1) is 0 Å². The van der Waals surface area contributed by atoms with Crippen LogP contribution in [0.2, 0.25) is 0 Å². The lowest BCUT2D eigenvalue weighted by atomic mass is 9.45. The van der Waals surface area contributed by atoms with Crippen molar-refractivity contribution in [1.29, 1.82) is 0 Å². The number of amides is 2. The Balaban J connectivity index is 1.28. The predicted octanol–water partition coefficient (Wildman–Crippen LogP) is 4.83. The van der Waals surface area contributed by atoms with Gasteiger partial charge in [-0.1, -0.05) is 69.3 Å². The van der Waals surface area contributed by atoms with Gasteiger partial charge in [0, 0.05) is 53.4 Å². The highest BCUT2D eigenvalue weighted by Crippen LogP contribution is 2.61. The quantitative estimate of drug-likeness (QED) is 0.124. The van der Waals surface area contributed by atoms with Gasteiger partial charge in [-0.25, -0.2) is 0 Å². The summed E-state index contributed by atoms with van der Waals surface area (Å²) in [5.74, 6) is 0.280. The van der Waals surface area contributed by atoms with E-state index in [4.69, 9.17) is 9.57 Å². The second kappa shape index (κ2) is 17.0. The summed E-state index contributed by atoms with van der Waals surface area (Å²) in [6, 6.07) is 18.3. The van der Waals surface area contributed by atoms with E-state index in [0.29, 0.717) is 47.2 Å². The van der Waals surface area contributed by atoms with E-state index in [1.807, 2.05) is 55.4 Å². The maximum absolute atomic E-state index is 14.2. The van der Waals surface area contributed by atoms with Crippen LogP contribution in [0.4, 0.5) is 5.69 Å². The van der Waals surface area contributed by atoms with Crippen LogP contribution in [-0.4, -0.2) is 102 Å². The van der Waals surface area contributed by atoms with E-state index in [9.17, 15) is 29.9 Å². The van der Waals surface area contributed by atoms with Gasteiger partial charge in [0.2, 0.25) is 5.91 Å². The van der Waals surface area contributed by atoms with Crippen LogP contribution in [0.3, 0.4) is 0 Å². The number of aliphatic hydroxyl groups excluding tert-OH is 2. The second-order valence-corrected chi connectivity index (χ2v) is 16.9. The zero-order chi connectivity index (χ0) is 40.5. The average molecular weight is 772 g/mol. The zero-order valence-corrected chi connectivity index (χ0v) is 33.5. The van der Waals surface area contributed by atoms with Gasteiger partial charge in [-0.05, 0) is 80.6 Å². The summed E-state index contributed by atoms with van der Waals surface area (Å²) in [5.41, 5.74) is 2.67. The first-order valence-corrected chi connectivity index (χ1v) is 19.6. The van der Waals surface area contributed by atoms with Gasteiger partial charge < -0.3 is 30.5 Å². The Bertz CT molecular complexity index is 1890. The number of hydroxylamine groups is 2. The molecule has 3 aromatic rings. The van der Waals surface area contributed by atoms with Gasteiger partial charge in [-0.3, -0.25) is 24.5 Å². The Hall–Kier alpha value is -4.40. The number of carbonyl (C=O) groups is 2. The first-order chi connectivity index (χ1) is 26.6. The minimum atomic E-state index is -0.961. The Labute approximate surface area is 329 Å². The minimum absolute atomic E-state index is 0.0152. The summed E-state index contributed by atoms with van der Waals surface area (Å²) in [6.45, 7) is 8.62. The molecule has 4 aliphatic rings. The van der Waals surface area contributed by atoms with E-state index in [0.717, 1.165) is 12.0 Å². The van der Waals surface area contributed by atoms with Crippen LogP contribution < -0.4 is 15.4 Å². The molecule has 9 atom stereocenters. The smallest absolute Gasteiger partial charge is 0.270 e. The van der Waals surface area contributed by atoms with Crippen molar-refractivity contribution in [3.63, 3.8) is 0 Å². The summed E-state index contributed by atoms with van der Waals surface area (Å²) >= 11 is 0. The SMILES string of the molecule is COc1c(CN2O[C@@H](CO)[C@H]([C@H](C)O)[C@H]2C(=O)N[C@H]2C[C@H]3C[C@@H]([C@@H]2C)C3(C)C)cccc1-c1cc(C(=O)N[C@H](Cc2ccccc2)CN(C)C)cc([N+](=O)[O-])c1. The Morgan fingerprint density at radius 3 is 2.45 bits per heavy atom. The molecule has 4 fully saturated rings. The third-order valence-corrected chi connectivity index (χ3v) is 12.6. The maximum atomic E-state index is 14.2. The Kier molecular flexibility index (Phi) is 12.5. The molecule has 13 heteroatoms. The molecule has 56 heavy (non-hydrogen) atoms. The monoisotopic (exact) mass is 771 g/mol. The lowest BCUT2D eigenvalue weighted by molar-refractivity contribution is -0.384. The highest BCUT2D eigenvalue weighted by Gasteiger charge is 2.57. The fourth-order valence-corrected chi connectivity index (χ4v) is 9.60. The van der Waals surface area contributed by atoms with Crippen molar-refractivity contribution in [2.45, 2.75) is 83.8 Å². The van der Waals surface area contributed by atoms with Crippen LogP contribution in [0.1, 0.15) is 62.0 Å². The fourth-order valence-electron chi connectivity index (χ4n) is 9.60. The van der Waals surface area contributed by atoms with Gasteiger partial charge in [0.25, 0.3) is 11.6 Å². The number of methoxy groups -OCH3 is 1. The fraction of sp³-hybridized carbons (Fsp3) is 0.535. The number of nitrogens with one attached hydrogen (secondary N) is 2. The van der Waals surface area contributed by atoms with Crippen LogP contribution in [0, 0.1) is 39.2 Å². The number of para-hydroxylation sites is 1. The standard InChI is InChI=1S/C43H57N5O8/c1-25-35-20-31(43(35,3)4)21-36(25)45-42(52)39-38(26(2)50)37(24-49)56-47(39)22-28-14-11-15-34(40(28)55-7)29-17-30(19-33(18-29)48(53)54)41(51)44-32(23-46(5)6)16-27-12-9-8-10-13-27/h8-15,17-19,25-26,31-32,35-39,49-50H,16,20-24H2,1-7H3,(H,44,51)(H,45,52)/t25-,26-,31+,32+,35-,36-,37-,38-,39-/m0/s1. The van der Waals surface area contributed by atoms with E-state index < -0.39 is 41.6 Å². The number of fused-ring (bicyclic) bond motifs is 2. The normalized spacial score (nSPS) is 26.6. The van der Waals surface area contributed by atoms with Crippen LogP contribution in [0.25, 0.3) is 11.1 Å². The minimum Gasteiger partial charge on any atom is -0.496 e. The number of rotatable bonds is 15. The number of nitro groups is 1.